The molecule has 0 N–H and O–H groups in total. The zero-order chi connectivity index (χ0) is 16.3. The van der Waals surface area contributed by atoms with Gasteiger partial charge < -0.3 is 9.47 Å². The highest BCUT2D eigenvalue weighted by atomic mass is 35.5. The van der Waals surface area contributed by atoms with Crippen LogP contribution in [0.25, 0.3) is 0 Å². The Kier molecular flexibility index (Phi) is 5.29. The molecule has 114 valence electrons. The third kappa shape index (κ3) is 3.71. The van der Waals surface area contributed by atoms with Crippen LogP contribution in [-0.2, 0) is 9.53 Å². The molecular formula is C15H9Cl3O4. The molecule has 2 rings (SSSR count). The average molecular weight is 360 g/mol. The lowest BCUT2D eigenvalue weighted by molar-refractivity contribution is -0.135. The number of halogens is 3. The van der Waals surface area contributed by atoms with Crippen LogP contribution in [0.15, 0.2) is 36.4 Å². The molecule has 0 aliphatic carbocycles. The van der Waals surface area contributed by atoms with Gasteiger partial charge in [-0.1, -0.05) is 34.8 Å². The van der Waals surface area contributed by atoms with Crippen molar-refractivity contribution in [2.45, 2.75) is 0 Å². The summed E-state index contributed by atoms with van der Waals surface area (Å²) in [6, 6.07) is 9.08. The Morgan fingerprint density at radius 2 is 1.45 bits per heavy atom. The van der Waals surface area contributed by atoms with E-state index in [9.17, 15) is 9.59 Å². The van der Waals surface area contributed by atoms with Crippen LogP contribution in [0.4, 0.5) is 0 Å². The predicted molar refractivity (Wildman–Crippen MR) is 84.3 cm³/mol. The quantitative estimate of drug-likeness (QED) is 0.447. The molecule has 0 fully saturated rings. The van der Waals surface area contributed by atoms with Crippen molar-refractivity contribution >= 4 is 46.6 Å². The second-order valence-electron chi connectivity index (χ2n) is 4.14. The molecule has 0 atom stereocenters. The fraction of sp³-hybridized carbons (Fsp3) is 0.0667. The lowest BCUT2D eigenvalue weighted by Gasteiger charge is -2.08. The standard InChI is InChI=1S/C15H9Cl3O4/c1-21-15(20)14(19)10-4-2-8(6-12(10)17)22-9-3-5-11(16)13(18)7-9/h2-7H,1H3. The summed E-state index contributed by atoms with van der Waals surface area (Å²) in [6.07, 6.45) is 0. The third-order valence-corrected chi connectivity index (χ3v) is 3.73. The van der Waals surface area contributed by atoms with E-state index in [1.165, 1.54) is 18.2 Å². The first kappa shape index (κ1) is 16.6. The number of Topliss-reactive ketones (excluding diaryl/α,β-unsaturated/α-hetero) is 1. The smallest absolute Gasteiger partial charge is 0.379 e. The number of carbonyl (C=O) groups is 2. The number of methoxy groups -OCH3 is 1. The molecule has 2 aromatic carbocycles. The van der Waals surface area contributed by atoms with E-state index >= 15 is 0 Å². The minimum atomic E-state index is -0.986. The van der Waals surface area contributed by atoms with Gasteiger partial charge in [0.1, 0.15) is 11.5 Å². The Hall–Kier alpha value is -1.75. The molecule has 2 aromatic rings. The molecule has 0 saturated carbocycles. The van der Waals surface area contributed by atoms with Crippen LogP contribution in [-0.4, -0.2) is 18.9 Å². The van der Waals surface area contributed by atoms with Crippen molar-refractivity contribution in [3.05, 3.63) is 57.0 Å². The largest absolute Gasteiger partial charge is 0.463 e. The Morgan fingerprint density at radius 1 is 0.864 bits per heavy atom. The SMILES string of the molecule is COC(=O)C(=O)c1ccc(Oc2ccc(Cl)c(Cl)c2)cc1Cl. The first-order valence-electron chi connectivity index (χ1n) is 5.97. The van der Waals surface area contributed by atoms with Gasteiger partial charge in [-0.2, -0.15) is 0 Å². The minimum absolute atomic E-state index is 0.0370. The van der Waals surface area contributed by atoms with Gasteiger partial charge in [-0.25, -0.2) is 4.79 Å². The van der Waals surface area contributed by atoms with Gasteiger partial charge in [-0.05, 0) is 24.3 Å². The summed E-state index contributed by atoms with van der Waals surface area (Å²) in [7, 11) is 1.12. The molecule has 0 saturated heterocycles. The van der Waals surface area contributed by atoms with E-state index in [1.54, 1.807) is 18.2 Å². The van der Waals surface area contributed by atoms with Crippen LogP contribution in [0.5, 0.6) is 11.5 Å². The molecule has 7 heteroatoms. The number of rotatable bonds is 4. The van der Waals surface area contributed by atoms with Crippen molar-refractivity contribution in [3.8, 4) is 11.5 Å². The van der Waals surface area contributed by atoms with E-state index in [0.717, 1.165) is 7.11 Å². The van der Waals surface area contributed by atoms with Crippen molar-refractivity contribution in [2.24, 2.45) is 0 Å². The Balaban J connectivity index is 2.24. The van der Waals surface area contributed by atoms with Gasteiger partial charge in [0.25, 0.3) is 5.78 Å². The molecule has 22 heavy (non-hydrogen) atoms. The van der Waals surface area contributed by atoms with Crippen molar-refractivity contribution < 1.29 is 19.1 Å². The van der Waals surface area contributed by atoms with Crippen LogP contribution in [0.2, 0.25) is 15.1 Å². The predicted octanol–water partition coefficient (Wildman–Crippen LogP) is 4.79. The van der Waals surface area contributed by atoms with E-state index < -0.39 is 11.8 Å². The zero-order valence-corrected chi connectivity index (χ0v) is 13.5. The van der Waals surface area contributed by atoms with E-state index in [0.29, 0.717) is 21.5 Å². The summed E-state index contributed by atoms with van der Waals surface area (Å²) in [5.74, 6) is -0.976. The molecule has 0 spiro atoms. The number of benzene rings is 2. The topological polar surface area (TPSA) is 52.6 Å². The highest BCUT2D eigenvalue weighted by molar-refractivity contribution is 6.45. The lowest BCUT2D eigenvalue weighted by Crippen LogP contribution is -2.16. The maximum atomic E-state index is 11.7. The van der Waals surface area contributed by atoms with E-state index in [2.05, 4.69) is 4.74 Å². The summed E-state index contributed by atoms with van der Waals surface area (Å²) in [4.78, 5) is 22.9. The highest BCUT2D eigenvalue weighted by Gasteiger charge is 2.20. The maximum Gasteiger partial charge on any atom is 0.379 e. The fourth-order valence-corrected chi connectivity index (χ4v) is 2.17. The molecule has 0 aliphatic heterocycles. The molecule has 0 aliphatic rings. The van der Waals surface area contributed by atoms with Crippen LogP contribution in [0.1, 0.15) is 10.4 Å². The second kappa shape index (κ2) is 7.01. The van der Waals surface area contributed by atoms with E-state index in [1.807, 2.05) is 0 Å². The van der Waals surface area contributed by atoms with Crippen LogP contribution < -0.4 is 4.74 Å². The summed E-state index contributed by atoms with van der Waals surface area (Å²) in [6.45, 7) is 0. The summed E-state index contributed by atoms with van der Waals surface area (Å²) in [5.41, 5.74) is 0.0370. The van der Waals surface area contributed by atoms with Gasteiger partial charge in [0, 0.05) is 17.7 Å². The molecule has 0 heterocycles. The number of hydrogen-bond acceptors (Lipinski definition) is 4. The summed E-state index contributed by atoms with van der Waals surface area (Å²) in [5, 5.41) is 0.835. The van der Waals surface area contributed by atoms with Gasteiger partial charge in [-0.15, -0.1) is 0 Å². The van der Waals surface area contributed by atoms with Gasteiger partial charge >= 0.3 is 5.97 Å². The monoisotopic (exact) mass is 358 g/mol. The minimum Gasteiger partial charge on any atom is -0.463 e. The number of hydrogen-bond donors (Lipinski definition) is 0. The van der Waals surface area contributed by atoms with Crippen LogP contribution in [0, 0.1) is 0 Å². The Morgan fingerprint density at radius 3 is 2.00 bits per heavy atom. The average Bonchev–Trinajstić information content (AvgIpc) is 2.49. The number of ether oxygens (including phenoxy) is 2. The molecule has 0 amide bonds. The van der Waals surface area contributed by atoms with Crippen molar-refractivity contribution in [3.63, 3.8) is 0 Å². The first-order chi connectivity index (χ1) is 10.4. The van der Waals surface area contributed by atoms with Gasteiger partial charge in [0.05, 0.1) is 22.2 Å². The van der Waals surface area contributed by atoms with Crippen LogP contribution in [0.3, 0.4) is 0 Å². The normalized spacial score (nSPS) is 10.2. The fourth-order valence-electron chi connectivity index (χ4n) is 1.62. The maximum absolute atomic E-state index is 11.7. The second-order valence-corrected chi connectivity index (χ2v) is 5.36. The van der Waals surface area contributed by atoms with E-state index in [-0.39, 0.29) is 10.6 Å². The summed E-state index contributed by atoms with van der Waals surface area (Å²) >= 11 is 17.7. The van der Waals surface area contributed by atoms with Crippen LogP contribution >= 0.6 is 34.8 Å². The molecular weight excluding hydrogens is 351 g/mol. The van der Waals surface area contributed by atoms with Crippen molar-refractivity contribution in [1.82, 2.24) is 0 Å². The first-order valence-corrected chi connectivity index (χ1v) is 7.11. The third-order valence-electron chi connectivity index (χ3n) is 2.68. The summed E-state index contributed by atoms with van der Waals surface area (Å²) < 4.78 is 9.93. The van der Waals surface area contributed by atoms with Crippen molar-refractivity contribution in [2.75, 3.05) is 7.11 Å². The number of ketones is 1. The molecule has 4 nitrogen and oxygen atoms in total. The Bertz CT molecular complexity index is 744. The van der Waals surface area contributed by atoms with Gasteiger partial charge in [-0.3, -0.25) is 4.79 Å². The lowest BCUT2D eigenvalue weighted by atomic mass is 10.1. The van der Waals surface area contributed by atoms with Gasteiger partial charge in [0.2, 0.25) is 0 Å². The molecule has 0 aromatic heterocycles. The molecule has 0 unspecified atom stereocenters. The van der Waals surface area contributed by atoms with E-state index in [4.69, 9.17) is 39.5 Å². The highest BCUT2D eigenvalue weighted by Crippen LogP contribution is 2.31. The molecule has 0 radical (unpaired) electrons. The van der Waals surface area contributed by atoms with Crippen molar-refractivity contribution in [1.29, 1.82) is 0 Å². The molecule has 0 bridgehead atoms. The Labute approximate surface area is 141 Å². The number of carbonyl (C=O) groups excluding carboxylic acids is 2. The van der Waals surface area contributed by atoms with Gasteiger partial charge in [0.15, 0.2) is 0 Å². The zero-order valence-electron chi connectivity index (χ0n) is 11.2. The number of esters is 1.